The highest BCUT2D eigenvalue weighted by Crippen LogP contribution is 2.63. The number of carbonyl (C=O) groups excluding carboxylic acids is 1. The Kier molecular flexibility index (Phi) is 4.93. The van der Waals surface area contributed by atoms with Gasteiger partial charge < -0.3 is 4.90 Å². The first kappa shape index (κ1) is 23.0. The van der Waals surface area contributed by atoms with Crippen LogP contribution in [0.15, 0.2) is 48.5 Å². The first-order chi connectivity index (χ1) is 17.9. The van der Waals surface area contributed by atoms with Crippen molar-refractivity contribution < 1.29 is 9.18 Å². The largest absolute Gasteiger partial charge is 0.351 e. The van der Waals surface area contributed by atoms with E-state index in [4.69, 9.17) is 11.6 Å². The molecular weight excluding hydrogens is 485 g/mol. The van der Waals surface area contributed by atoms with E-state index < -0.39 is 28.8 Å². The quantitative estimate of drug-likeness (QED) is 0.461. The lowest BCUT2D eigenvalue weighted by molar-refractivity contribution is -0.145. The molecule has 4 bridgehead atoms. The summed E-state index contributed by atoms with van der Waals surface area (Å²) >= 11 is 6.32. The van der Waals surface area contributed by atoms with Crippen molar-refractivity contribution >= 4 is 29.1 Å². The predicted octanol–water partition coefficient (Wildman–Crippen LogP) is 6.67. The van der Waals surface area contributed by atoms with Gasteiger partial charge in [-0.25, -0.2) is 4.39 Å². The zero-order valence-electron chi connectivity index (χ0n) is 20.4. The second kappa shape index (κ2) is 7.92. The van der Waals surface area contributed by atoms with Crippen LogP contribution < -0.4 is 4.90 Å². The van der Waals surface area contributed by atoms with E-state index in [1.165, 1.54) is 31.4 Å². The number of rotatable bonds is 3. The van der Waals surface area contributed by atoms with Gasteiger partial charge in [0.05, 0.1) is 24.2 Å². The molecular formula is C31H27ClFN3O. The fraction of sp³-hybridized carbons (Fsp3) is 0.452. The third kappa shape index (κ3) is 3.14. The fourth-order valence-corrected chi connectivity index (χ4v) is 9.22. The Balaban J connectivity index is 1.44. The molecule has 2 aromatic carbocycles. The van der Waals surface area contributed by atoms with Crippen molar-refractivity contribution in [3.8, 4) is 12.1 Å². The third-order valence-corrected chi connectivity index (χ3v) is 10.3. The van der Waals surface area contributed by atoms with E-state index >= 15 is 4.79 Å². The van der Waals surface area contributed by atoms with Gasteiger partial charge in [-0.15, -0.1) is 0 Å². The summed E-state index contributed by atoms with van der Waals surface area (Å²) in [7, 11) is 0. The summed E-state index contributed by atoms with van der Waals surface area (Å²) in [6.07, 6.45) is 10.1. The molecule has 186 valence electrons. The normalized spacial score (nSPS) is 35.9. The molecule has 0 unspecified atom stereocenters. The molecule has 37 heavy (non-hydrogen) atoms. The molecule has 2 aliphatic heterocycles. The van der Waals surface area contributed by atoms with Crippen molar-refractivity contribution in [2.75, 3.05) is 4.90 Å². The zero-order valence-corrected chi connectivity index (χ0v) is 21.2. The van der Waals surface area contributed by atoms with Crippen LogP contribution in [0.5, 0.6) is 0 Å². The van der Waals surface area contributed by atoms with Crippen molar-refractivity contribution in [1.29, 1.82) is 10.5 Å². The van der Waals surface area contributed by atoms with Crippen molar-refractivity contribution in [3.05, 3.63) is 70.5 Å². The van der Waals surface area contributed by atoms with Crippen LogP contribution in [0.3, 0.4) is 0 Å². The average molecular weight is 512 g/mol. The van der Waals surface area contributed by atoms with Crippen LogP contribution in [0, 0.1) is 57.1 Å². The molecule has 2 aromatic rings. The Morgan fingerprint density at radius 1 is 0.973 bits per heavy atom. The summed E-state index contributed by atoms with van der Waals surface area (Å²) in [5.41, 5.74) is 0.424. The van der Waals surface area contributed by atoms with Gasteiger partial charge in [0, 0.05) is 22.0 Å². The molecule has 4 saturated carbocycles. The first-order valence-corrected chi connectivity index (χ1v) is 13.6. The summed E-state index contributed by atoms with van der Waals surface area (Å²) in [5, 5.41) is 21.8. The van der Waals surface area contributed by atoms with Gasteiger partial charge in [0.15, 0.2) is 11.2 Å². The van der Waals surface area contributed by atoms with Gasteiger partial charge in [0.2, 0.25) is 0 Å². The van der Waals surface area contributed by atoms with Gasteiger partial charge in [0.1, 0.15) is 5.82 Å². The lowest BCUT2D eigenvalue weighted by atomic mass is 9.47. The SMILES string of the molecule is N#CC1(C#N)[C@H](c2ccc(F)cc2)[C@@H](C(=O)C23CC4CC(CC(C4)C2)C3)N2c3ccc(Cl)cc3C=C[C@H]21. The van der Waals surface area contributed by atoms with Crippen LogP contribution in [-0.2, 0) is 4.79 Å². The van der Waals surface area contributed by atoms with Crippen LogP contribution in [0.2, 0.25) is 5.02 Å². The molecule has 0 amide bonds. The van der Waals surface area contributed by atoms with Gasteiger partial charge in [-0.2, -0.15) is 10.5 Å². The Morgan fingerprint density at radius 2 is 1.59 bits per heavy atom. The van der Waals surface area contributed by atoms with E-state index in [1.807, 2.05) is 29.2 Å². The monoisotopic (exact) mass is 511 g/mol. The molecule has 4 aliphatic carbocycles. The van der Waals surface area contributed by atoms with Crippen molar-refractivity contribution in [2.45, 2.75) is 56.5 Å². The van der Waals surface area contributed by atoms with Crippen LogP contribution >= 0.6 is 11.6 Å². The Hall–Kier alpha value is -3.15. The highest BCUT2D eigenvalue weighted by atomic mass is 35.5. The Morgan fingerprint density at radius 3 is 2.19 bits per heavy atom. The van der Waals surface area contributed by atoms with Crippen LogP contribution in [0.4, 0.5) is 10.1 Å². The number of fused-ring (bicyclic) bond motifs is 3. The van der Waals surface area contributed by atoms with Crippen LogP contribution in [0.25, 0.3) is 6.08 Å². The second-order valence-electron chi connectivity index (χ2n) is 12.0. The molecule has 5 fully saturated rings. The minimum Gasteiger partial charge on any atom is -0.351 e. The van der Waals surface area contributed by atoms with Crippen LogP contribution in [-0.4, -0.2) is 17.9 Å². The van der Waals surface area contributed by atoms with Gasteiger partial charge in [-0.05, 0) is 97.7 Å². The van der Waals surface area contributed by atoms with Crippen LogP contribution in [0.1, 0.15) is 55.6 Å². The van der Waals surface area contributed by atoms with Gasteiger partial charge in [-0.3, -0.25) is 4.79 Å². The molecule has 4 nitrogen and oxygen atoms in total. The summed E-state index contributed by atoms with van der Waals surface area (Å²) in [5.74, 6) is 0.819. The molecule has 2 heterocycles. The van der Waals surface area contributed by atoms with Gasteiger partial charge in [0.25, 0.3) is 0 Å². The van der Waals surface area contributed by atoms with Crippen molar-refractivity contribution in [3.63, 3.8) is 0 Å². The van der Waals surface area contributed by atoms with Gasteiger partial charge in [-0.1, -0.05) is 35.9 Å². The first-order valence-electron chi connectivity index (χ1n) is 13.3. The van der Waals surface area contributed by atoms with E-state index in [9.17, 15) is 14.9 Å². The number of benzene rings is 2. The highest BCUT2D eigenvalue weighted by Gasteiger charge is 2.66. The topological polar surface area (TPSA) is 67.9 Å². The maximum atomic E-state index is 15.0. The molecule has 0 radical (unpaired) electrons. The summed E-state index contributed by atoms with van der Waals surface area (Å²) < 4.78 is 14.0. The lowest BCUT2D eigenvalue weighted by Gasteiger charge is -2.57. The lowest BCUT2D eigenvalue weighted by Crippen LogP contribution is -2.56. The Bertz CT molecular complexity index is 1370. The fourth-order valence-electron chi connectivity index (χ4n) is 9.03. The van der Waals surface area contributed by atoms with Crippen molar-refractivity contribution in [2.24, 2.45) is 28.6 Å². The molecule has 6 aliphatic rings. The second-order valence-corrected chi connectivity index (χ2v) is 12.5. The maximum Gasteiger partial charge on any atom is 0.176 e. The van der Waals surface area contributed by atoms with E-state index in [-0.39, 0.29) is 11.6 Å². The molecule has 3 atom stereocenters. The minimum absolute atomic E-state index is 0.162. The van der Waals surface area contributed by atoms with E-state index in [0.29, 0.717) is 28.3 Å². The van der Waals surface area contributed by atoms with Gasteiger partial charge >= 0.3 is 0 Å². The summed E-state index contributed by atoms with van der Waals surface area (Å²) in [6, 6.07) is 15.0. The summed E-state index contributed by atoms with van der Waals surface area (Å²) in [4.78, 5) is 17.1. The van der Waals surface area contributed by atoms with E-state index in [1.54, 1.807) is 18.2 Å². The standard InChI is InChI=1S/C31H27ClFN3O/c32-23-4-7-25-22(12-23)3-8-26-31(16-34,17-35)27(21-1-5-24(33)6-2-21)28(36(25)26)29(37)30-13-18-9-19(14-30)11-20(10-18)15-30/h1-8,12,18-20,26-28H,9-11,13-15H2/t18?,19?,20?,26-,27+,28-,30?/m0/s1. The predicted molar refractivity (Wildman–Crippen MR) is 139 cm³/mol. The van der Waals surface area contributed by atoms with E-state index in [2.05, 4.69) is 12.1 Å². The third-order valence-electron chi connectivity index (χ3n) is 10.0. The minimum atomic E-state index is -1.51. The van der Waals surface area contributed by atoms with Crippen molar-refractivity contribution in [1.82, 2.24) is 0 Å². The molecule has 8 rings (SSSR count). The molecule has 0 N–H and O–H groups in total. The molecule has 0 spiro atoms. The Labute approximate surface area is 221 Å². The number of anilines is 1. The maximum absolute atomic E-state index is 15.0. The molecule has 0 aromatic heterocycles. The highest BCUT2D eigenvalue weighted by molar-refractivity contribution is 6.30. The number of ketones is 1. The number of Topliss-reactive ketones (excluding diaryl/α,β-unsaturated/α-hetero) is 1. The molecule has 6 heteroatoms. The number of halogens is 2. The zero-order chi connectivity index (χ0) is 25.5. The smallest absolute Gasteiger partial charge is 0.176 e. The number of hydrogen-bond acceptors (Lipinski definition) is 4. The molecule has 1 saturated heterocycles. The van der Waals surface area contributed by atoms with E-state index in [0.717, 1.165) is 30.5 Å². The summed E-state index contributed by atoms with van der Waals surface area (Å²) in [6.45, 7) is 0. The number of hydrogen-bond donors (Lipinski definition) is 0. The number of carbonyl (C=O) groups is 1. The average Bonchev–Trinajstić information content (AvgIpc) is 3.18. The number of nitriles is 2. The number of nitrogens with zero attached hydrogens (tertiary/aromatic N) is 3.